The highest BCUT2D eigenvalue weighted by atomic mass is 32.1. The zero-order valence-electron chi connectivity index (χ0n) is 8.23. The molecule has 0 unspecified atom stereocenters. The second-order valence-corrected chi connectivity index (χ2v) is 4.58. The van der Waals surface area contributed by atoms with Crippen LogP contribution in [0.25, 0.3) is 10.3 Å². The van der Waals surface area contributed by atoms with Crippen LogP contribution < -0.4 is 10.5 Å². The lowest BCUT2D eigenvalue weighted by Gasteiger charge is -1.98. The molecule has 1 aliphatic carbocycles. The first-order chi connectivity index (χ1) is 7.28. The molecule has 2 N–H and O–H groups in total. The summed E-state index contributed by atoms with van der Waals surface area (Å²) in [7, 11) is 1.57. The SMILES string of the molecule is COc1nc(N)nc2sc(C3CC3)nc12. The maximum Gasteiger partial charge on any atom is 0.246 e. The van der Waals surface area contributed by atoms with Crippen LogP contribution in [0.4, 0.5) is 5.95 Å². The lowest BCUT2D eigenvalue weighted by Crippen LogP contribution is -1.97. The standard InChI is InChI=1S/C9H10N4OS/c1-14-6-5-8(13-9(10)12-6)15-7(11-5)4-2-3-4/h4H,2-3H2,1H3,(H2,10,12,13). The van der Waals surface area contributed by atoms with E-state index in [0.29, 0.717) is 11.8 Å². The summed E-state index contributed by atoms with van der Waals surface area (Å²) < 4.78 is 5.13. The number of fused-ring (bicyclic) bond motifs is 1. The molecule has 78 valence electrons. The van der Waals surface area contributed by atoms with Gasteiger partial charge < -0.3 is 10.5 Å². The van der Waals surface area contributed by atoms with Crippen molar-refractivity contribution < 1.29 is 4.74 Å². The Morgan fingerprint density at radius 3 is 2.80 bits per heavy atom. The van der Waals surface area contributed by atoms with Gasteiger partial charge >= 0.3 is 0 Å². The molecule has 0 bridgehead atoms. The van der Waals surface area contributed by atoms with Crippen LogP contribution in [0.5, 0.6) is 5.88 Å². The van der Waals surface area contributed by atoms with Crippen LogP contribution in [0.1, 0.15) is 23.8 Å². The number of nitrogens with zero attached hydrogens (tertiary/aromatic N) is 3. The first-order valence-electron chi connectivity index (χ1n) is 4.76. The molecule has 0 amide bonds. The minimum atomic E-state index is 0.241. The van der Waals surface area contributed by atoms with Gasteiger partial charge in [0.25, 0.3) is 0 Å². The van der Waals surface area contributed by atoms with E-state index >= 15 is 0 Å². The van der Waals surface area contributed by atoms with E-state index in [9.17, 15) is 0 Å². The molecule has 0 spiro atoms. The van der Waals surface area contributed by atoms with Crippen LogP contribution in [-0.4, -0.2) is 22.1 Å². The van der Waals surface area contributed by atoms with E-state index in [0.717, 1.165) is 15.4 Å². The molecule has 1 saturated carbocycles. The predicted octanol–water partition coefficient (Wildman–Crippen LogP) is 1.55. The van der Waals surface area contributed by atoms with Crippen molar-refractivity contribution in [2.24, 2.45) is 0 Å². The van der Waals surface area contributed by atoms with E-state index in [-0.39, 0.29) is 5.95 Å². The van der Waals surface area contributed by atoms with Crippen LogP contribution in [0.3, 0.4) is 0 Å². The Morgan fingerprint density at radius 2 is 2.13 bits per heavy atom. The highest BCUT2D eigenvalue weighted by Gasteiger charge is 2.28. The molecule has 3 rings (SSSR count). The fourth-order valence-electron chi connectivity index (χ4n) is 1.48. The van der Waals surface area contributed by atoms with Gasteiger partial charge in [-0.05, 0) is 12.8 Å². The largest absolute Gasteiger partial charge is 0.479 e. The Balaban J connectivity index is 2.23. The predicted molar refractivity (Wildman–Crippen MR) is 58.1 cm³/mol. The second kappa shape index (κ2) is 3.03. The zero-order chi connectivity index (χ0) is 10.4. The normalized spacial score (nSPS) is 15.8. The molecule has 0 atom stereocenters. The summed E-state index contributed by atoms with van der Waals surface area (Å²) in [5, 5.41) is 1.13. The van der Waals surface area contributed by atoms with Gasteiger partial charge in [-0.1, -0.05) is 11.3 Å². The van der Waals surface area contributed by atoms with Gasteiger partial charge in [-0.25, -0.2) is 9.97 Å². The number of nitrogens with two attached hydrogens (primary N) is 1. The Morgan fingerprint density at radius 1 is 1.33 bits per heavy atom. The van der Waals surface area contributed by atoms with Crippen LogP contribution in [0.2, 0.25) is 0 Å². The van der Waals surface area contributed by atoms with Crippen molar-refractivity contribution in [2.75, 3.05) is 12.8 Å². The number of anilines is 1. The second-order valence-electron chi connectivity index (χ2n) is 3.57. The molecular formula is C9H10N4OS. The Kier molecular flexibility index (Phi) is 1.79. The summed E-state index contributed by atoms with van der Waals surface area (Å²) in [5.74, 6) is 1.33. The maximum atomic E-state index is 5.58. The third-order valence-corrected chi connectivity index (χ3v) is 3.49. The smallest absolute Gasteiger partial charge is 0.246 e. The molecule has 6 heteroatoms. The third kappa shape index (κ3) is 1.41. The third-order valence-electron chi connectivity index (χ3n) is 2.38. The van der Waals surface area contributed by atoms with Crippen molar-refractivity contribution in [3.63, 3.8) is 0 Å². The average Bonchev–Trinajstić information content (AvgIpc) is 2.98. The monoisotopic (exact) mass is 222 g/mol. The molecule has 0 aromatic carbocycles. The van der Waals surface area contributed by atoms with Crippen LogP contribution in [0, 0.1) is 0 Å². The number of hydrogen-bond acceptors (Lipinski definition) is 6. The Hall–Kier alpha value is -1.43. The minimum absolute atomic E-state index is 0.241. The van der Waals surface area contributed by atoms with Gasteiger partial charge in [0.2, 0.25) is 11.8 Å². The molecule has 2 heterocycles. The van der Waals surface area contributed by atoms with Crippen LogP contribution >= 0.6 is 11.3 Å². The fraction of sp³-hybridized carbons (Fsp3) is 0.444. The highest BCUT2D eigenvalue weighted by Crippen LogP contribution is 2.43. The van der Waals surface area contributed by atoms with Crippen LogP contribution in [0.15, 0.2) is 0 Å². The first kappa shape index (κ1) is 8.84. The van der Waals surface area contributed by atoms with Gasteiger partial charge in [-0.2, -0.15) is 4.98 Å². The van der Waals surface area contributed by atoms with E-state index in [1.807, 2.05) is 0 Å². The van der Waals surface area contributed by atoms with Gasteiger partial charge in [0.05, 0.1) is 12.1 Å². The minimum Gasteiger partial charge on any atom is -0.479 e. The molecule has 1 fully saturated rings. The van der Waals surface area contributed by atoms with E-state index in [1.165, 1.54) is 12.8 Å². The number of thiazole rings is 1. The summed E-state index contributed by atoms with van der Waals surface area (Å²) in [6.45, 7) is 0. The number of methoxy groups -OCH3 is 1. The summed E-state index contributed by atoms with van der Waals surface area (Å²) in [6, 6.07) is 0. The molecule has 15 heavy (non-hydrogen) atoms. The van der Waals surface area contributed by atoms with Crippen LogP contribution in [-0.2, 0) is 0 Å². The number of nitrogen functional groups attached to an aromatic ring is 1. The Labute approximate surface area is 90.3 Å². The molecule has 0 aliphatic heterocycles. The summed E-state index contributed by atoms with van der Waals surface area (Å²) >= 11 is 1.59. The van der Waals surface area contributed by atoms with Crippen molar-refractivity contribution >= 4 is 27.6 Å². The van der Waals surface area contributed by atoms with Gasteiger partial charge in [0.15, 0.2) is 10.3 Å². The van der Waals surface area contributed by atoms with Gasteiger partial charge in [0, 0.05) is 5.92 Å². The number of hydrogen-bond donors (Lipinski definition) is 1. The summed E-state index contributed by atoms with van der Waals surface area (Å²) in [4.78, 5) is 13.5. The average molecular weight is 222 g/mol. The molecule has 5 nitrogen and oxygen atoms in total. The summed E-state index contributed by atoms with van der Waals surface area (Å²) in [6.07, 6.45) is 2.45. The maximum absolute atomic E-state index is 5.58. The zero-order valence-corrected chi connectivity index (χ0v) is 9.04. The van der Waals surface area contributed by atoms with E-state index in [2.05, 4.69) is 15.0 Å². The summed E-state index contributed by atoms with van der Waals surface area (Å²) in [5.41, 5.74) is 6.31. The van der Waals surface area contributed by atoms with Crippen molar-refractivity contribution in [3.05, 3.63) is 5.01 Å². The molecule has 2 aromatic heterocycles. The highest BCUT2D eigenvalue weighted by molar-refractivity contribution is 7.18. The van der Waals surface area contributed by atoms with E-state index in [1.54, 1.807) is 18.4 Å². The number of rotatable bonds is 2. The van der Waals surface area contributed by atoms with Crippen molar-refractivity contribution in [3.8, 4) is 5.88 Å². The topological polar surface area (TPSA) is 73.9 Å². The van der Waals surface area contributed by atoms with Crippen molar-refractivity contribution in [1.82, 2.24) is 15.0 Å². The fourth-order valence-corrected chi connectivity index (χ4v) is 2.58. The molecule has 2 aromatic rings. The number of ether oxygens (including phenoxy) is 1. The quantitative estimate of drug-likeness (QED) is 0.834. The van der Waals surface area contributed by atoms with Crippen molar-refractivity contribution in [2.45, 2.75) is 18.8 Å². The van der Waals surface area contributed by atoms with E-state index < -0.39 is 0 Å². The molecule has 0 radical (unpaired) electrons. The first-order valence-corrected chi connectivity index (χ1v) is 5.57. The van der Waals surface area contributed by atoms with Gasteiger partial charge in [-0.15, -0.1) is 0 Å². The van der Waals surface area contributed by atoms with E-state index in [4.69, 9.17) is 10.5 Å². The van der Waals surface area contributed by atoms with Crippen molar-refractivity contribution in [1.29, 1.82) is 0 Å². The molecule has 1 aliphatic rings. The molecule has 0 saturated heterocycles. The lowest BCUT2D eigenvalue weighted by molar-refractivity contribution is 0.402. The van der Waals surface area contributed by atoms with Gasteiger partial charge in [-0.3, -0.25) is 0 Å². The van der Waals surface area contributed by atoms with Gasteiger partial charge in [0.1, 0.15) is 0 Å². The number of aromatic nitrogens is 3. The lowest BCUT2D eigenvalue weighted by atomic mass is 10.4. The Bertz CT molecular complexity index is 520. The molecular weight excluding hydrogens is 212 g/mol.